The lowest BCUT2D eigenvalue weighted by molar-refractivity contribution is 0.723. The lowest BCUT2D eigenvalue weighted by Crippen LogP contribution is -2.23. The van der Waals surface area contributed by atoms with Crippen molar-refractivity contribution in [3.63, 3.8) is 0 Å². The second-order valence-corrected chi connectivity index (χ2v) is 5.94. The van der Waals surface area contributed by atoms with E-state index in [0.29, 0.717) is 5.95 Å². The van der Waals surface area contributed by atoms with Crippen molar-refractivity contribution >= 4 is 38.9 Å². The van der Waals surface area contributed by atoms with Crippen LogP contribution in [-0.2, 0) is 0 Å². The van der Waals surface area contributed by atoms with E-state index in [1.165, 1.54) is 21.8 Å². The first-order chi connectivity index (χ1) is 10.6. The number of benzene rings is 1. The molecule has 0 aliphatic heterocycles. The Kier molecular flexibility index (Phi) is 3.65. The summed E-state index contributed by atoms with van der Waals surface area (Å²) >= 11 is 1.73. The van der Waals surface area contributed by atoms with Crippen molar-refractivity contribution in [1.29, 1.82) is 0 Å². The molecule has 22 heavy (non-hydrogen) atoms. The van der Waals surface area contributed by atoms with Gasteiger partial charge in [-0.25, -0.2) is 14.8 Å². The van der Waals surface area contributed by atoms with Crippen LogP contribution in [0, 0.1) is 6.57 Å². The Labute approximate surface area is 132 Å². The van der Waals surface area contributed by atoms with Gasteiger partial charge in [0.05, 0.1) is 12.6 Å². The van der Waals surface area contributed by atoms with E-state index in [4.69, 9.17) is 12.3 Å². The average Bonchev–Trinajstić information content (AvgIpc) is 2.97. The highest BCUT2D eigenvalue weighted by Gasteiger charge is 2.18. The van der Waals surface area contributed by atoms with Crippen LogP contribution < -0.4 is 10.6 Å². The highest BCUT2D eigenvalue weighted by atomic mass is 32.1. The maximum Gasteiger partial charge on any atom is 0.245 e. The number of nitrogens with two attached hydrogens (primary N) is 1. The van der Waals surface area contributed by atoms with Gasteiger partial charge in [0.1, 0.15) is 5.82 Å². The molecule has 6 heteroatoms. The lowest BCUT2D eigenvalue weighted by atomic mass is 10.1. The van der Waals surface area contributed by atoms with Crippen molar-refractivity contribution in [2.45, 2.75) is 13.0 Å². The molecule has 0 aliphatic rings. The minimum atomic E-state index is 0.106. The summed E-state index contributed by atoms with van der Waals surface area (Å²) in [5.74, 6) is 0.738. The predicted molar refractivity (Wildman–Crippen MR) is 91.3 cm³/mol. The van der Waals surface area contributed by atoms with Gasteiger partial charge in [-0.2, -0.15) is 0 Å². The molecule has 0 saturated heterocycles. The largest absolute Gasteiger partial charge is 0.392 e. The fourth-order valence-corrected chi connectivity index (χ4v) is 3.39. The van der Waals surface area contributed by atoms with Gasteiger partial charge in [0, 0.05) is 17.9 Å². The number of fused-ring (bicyclic) bond motifs is 1. The molecule has 1 atom stereocenters. The first kappa shape index (κ1) is 14.3. The molecule has 1 aromatic carbocycles. The van der Waals surface area contributed by atoms with Crippen molar-refractivity contribution in [2.24, 2.45) is 0 Å². The zero-order valence-electron chi connectivity index (χ0n) is 12.3. The quantitative estimate of drug-likeness (QED) is 0.742. The molecule has 0 aliphatic carbocycles. The molecular weight excluding hydrogens is 294 g/mol. The minimum Gasteiger partial charge on any atom is -0.392 e. The number of nitrogens with zero attached hydrogens (tertiary/aromatic N) is 4. The van der Waals surface area contributed by atoms with Crippen LogP contribution in [0.3, 0.4) is 0 Å². The number of nitrogen functional groups attached to an aromatic ring is 1. The van der Waals surface area contributed by atoms with Gasteiger partial charge in [0.15, 0.2) is 0 Å². The predicted octanol–water partition coefficient (Wildman–Crippen LogP) is 4.02. The van der Waals surface area contributed by atoms with Crippen LogP contribution in [0.25, 0.3) is 14.9 Å². The number of hydrogen-bond acceptors (Lipinski definition) is 5. The zero-order chi connectivity index (χ0) is 15.7. The van der Waals surface area contributed by atoms with Crippen molar-refractivity contribution in [2.75, 3.05) is 17.7 Å². The van der Waals surface area contributed by atoms with E-state index < -0.39 is 0 Å². The number of anilines is 2. The molecule has 110 valence electrons. The summed E-state index contributed by atoms with van der Waals surface area (Å²) in [6.07, 6.45) is 1.47. The van der Waals surface area contributed by atoms with Gasteiger partial charge >= 0.3 is 0 Å². The van der Waals surface area contributed by atoms with E-state index in [2.05, 4.69) is 39.2 Å². The van der Waals surface area contributed by atoms with Crippen molar-refractivity contribution < 1.29 is 0 Å². The molecule has 1 unspecified atom stereocenters. The fraction of sp³-hybridized carbons (Fsp3) is 0.188. The Bertz CT molecular complexity index is 864. The average molecular weight is 309 g/mol. The third-order valence-corrected chi connectivity index (χ3v) is 4.74. The van der Waals surface area contributed by atoms with E-state index in [1.54, 1.807) is 11.3 Å². The maximum absolute atomic E-state index is 7.00. The first-order valence-corrected chi connectivity index (χ1v) is 7.68. The smallest absolute Gasteiger partial charge is 0.245 e. The maximum atomic E-state index is 7.00. The molecule has 0 saturated carbocycles. The van der Waals surface area contributed by atoms with Gasteiger partial charge in [-0.05, 0) is 29.3 Å². The number of aromatic nitrogens is 2. The normalized spacial score (nSPS) is 12.0. The molecule has 3 rings (SSSR count). The van der Waals surface area contributed by atoms with Gasteiger partial charge < -0.3 is 10.6 Å². The van der Waals surface area contributed by atoms with Gasteiger partial charge in [-0.3, -0.25) is 0 Å². The molecule has 0 amide bonds. The van der Waals surface area contributed by atoms with E-state index >= 15 is 0 Å². The van der Waals surface area contributed by atoms with Crippen LogP contribution in [0.15, 0.2) is 35.8 Å². The van der Waals surface area contributed by atoms with Crippen LogP contribution in [0.1, 0.15) is 18.5 Å². The monoisotopic (exact) mass is 309 g/mol. The van der Waals surface area contributed by atoms with Gasteiger partial charge in [-0.1, -0.05) is 18.2 Å². The van der Waals surface area contributed by atoms with E-state index in [-0.39, 0.29) is 17.5 Å². The van der Waals surface area contributed by atoms with Crippen molar-refractivity contribution in [1.82, 2.24) is 9.97 Å². The summed E-state index contributed by atoms with van der Waals surface area (Å²) in [7, 11) is 1.93. The second kappa shape index (κ2) is 5.62. The summed E-state index contributed by atoms with van der Waals surface area (Å²) in [5, 5.41) is 3.42. The summed E-state index contributed by atoms with van der Waals surface area (Å²) in [6.45, 7) is 9.11. The lowest BCUT2D eigenvalue weighted by Gasteiger charge is -2.25. The Balaban J connectivity index is 1.96. The Morgan fingerprint density at radius 2 is 2.14 bits per heavy atom. The van der Waals surface area contributed by atoms with Crippen molar-refractivity contribution in [3.8, 4) is 0 Å². The van der Waals surface area contributed by atoms with Crippen molar-refractivity contribution in [3.05, 3.63) is 52.8 Å². The molecule has 0 spiro atoms. The summed E-state index contributed by atoms with van der Waals surface area (Å²) in [6, 6.07) is 8.45. The molecule has 2 heterocycles. The fourth-order valence-electron chi connectivity index (χ4n) is 2.34. The van der Waals surface area contributed by atoms with E-state index in [9.17, 15) is 0 Å². The third kappa shape index (κ3) is 2.36. The molecule has 0 bridgehead atoms. The minimum absolute atomic E-state index is 0.106. The van der Waals surface area contributed by atoms with Gasteiger partial charge in [-0.15, -0.1) is 11.3 Å². The topological polar surface area (TPSA) is 59.4 Å². The molecular formula is C16H15N5S. The Hall–Kier alpha value is -2.65. The SMILES string of the molecule is [C-]#[N+]c1cnc(N(C)C(C)c2csc3ccccc23)nc1N. The number of thiophene rings is 1. The Morgan fingerprint density at radius 1 is 1.36 bits per heavy atom. The third-order valence-electron chi connectivity index (χ3n) is 3.76. The highest BCUT2D eigenvalue weighted by molar-refractivity contribution is 7.17. The number of hydrogen-bond donors (Lipinski definition) is 1. The summed E-state index contributed by atoms with van der Waals surface area (Å²) < 4.78 is 1.27. The molecule has 2 N–H and O–H groups in total. The zero-order valence-corrected chi connectivity index (χ0v) is 13.1. The van der Waals surface area contributed by atoms with Crippen LogP contribution in [0.5, 0.6) is 0 Å². The van der Waals surface area contributed by atoms with Gasteiger partial charge in [0.2, 0.25) is 11.6 Å². The summed E-state index contributed by atoms with van der Waals surface area (Å²) in [5.41, 5.74) is 7.31. The summed E-state index contributed by atoms with van der Waals surface area (Å²) in [4.78, 5) is 13.7. The molecule has 3 aromatic rings. The van der Waals surface area contributed by atoms with Crippen LogP contribution in [0.2, 0.25) is 0 Å². The second-order valence-electron chi connectivity index (χ2n) is 5.03. The molecule has 2 aromatic heterocycles. The Morgan fingerprint density at radius 3 is 2.86 bits per heavy atom. The van der Waals surface area contributed by atoms with E-state index in [0.717, 1.165) is 0 Å². The van der Waals surface area contributed by atoms with Gasteiger partial charge in [0.25, 0.3) is 0 Å². The molecule has 5 nitrogen and oxygen atoms in total. The highest BCUT2D eigenvalue weighted by Crippen LogP contribution is 2.34. The number of rotatable bonds is 3. The van der Waals surface area contributed by atoms with Crippen LogP contribution in [-0.4, -0.2) is 17.0 Å². The molecule has 0 radical (unpaired) electrons. The standard InChI is InChI=1S/C16H15N5S/c1-10(12-9-22-14-7-5-4-6-11(12)14)21(3)16-19-8-13(18-2)15(17)20-16/h4-10H,1,3H3,(H2,17,19,20). The first-order valence-electron chi connectivity index (χ1n) is 6.80. The van der Waals surface area contributed by atoms with E-state index in [1.807, 2.05) is 24.1 Å². The van der Waals surface area contributed by atoms with Crippen LogP contribution >= 0.6 is 11.3 Å². The molecule has 0 fully saturated rings. The van der Waals surface area contributed by atoms with Crippen LogP contribution in [0.4, 0.5) is 17.5 Å².